The third kappa shape index (κ3) is 17.1. The fourth-order valence-corrected chi connectivity index (χ4v) is 11.0. The van der Waals surface area contributed by atoms with Crippen LogP contribution in [0.1, 0.15) is 79.6 Å². The van der Waals surface area contributed by atoms with Gasteiger partial charge in [0.05, 0.1) is 66.3 Å². The number of thiazole rings is 1. The van der Waals surface area contributed by atoms with Crippen LogP contribution >= 0.6 is 27.3 Å². The van der Waals surface area contributed by atoms with E-state index in [4.69, 9.17) is 28.4 Å². The predicted molar refractivity (Wildman–Crippen MR) is 312 cm³/mol. The number of aromatic nitrogens is 3. The number of benzene rings is 3. The van der Waals surface area contributed by atoms with Crippen LogP contribution in [0.15, 0.2) is 82.9 Å². The van der Waals surface area contributed by atoms with E-state index >= 15 is 0 Å². The molecule has 4 amide bonds. The van der Waals surface area contributed by atoms with E-state index in [9.17, 15) is 24.3 Å². The minimum atomic E-state index is -0.912. The molecule has 5 aromatic rings. The standard InChI is InChI=1S/C59H76BrN9O11S/c1-39(2)52(69-36-44-10-5-6-13-48(44)57(69)73)58(74)68-37-46(70)33-50(68)55(71)62-34-43-15-14-42(53-40(3)64-38-81-53)32-51(43)80-31-29-78-27-25-76-23-9-22-75-24-26-77-28-30-79-47-18-16-45(17-19-47)65-59-63-35-49(60)54(66-59)61-20-8-21-67(4)56(72)41-11-7-12-41/h5-6,10,13-19,32,35,38-39,41,46,50,52,70H,7-9,11-12,20-31,33-34,36-37H2,1-4H3,(H,62,71)(H2,61,63,65,66)/t46-,50+,52?/m1/s1. The second-order valence-electron chi connectivity index (χ2n) is 20.7. The van der Waals surface area contributed by atoms with Crippen LogP contribution in [-0.2, 0) is 46.4 Å². The molecule has 81 heavy (non-hydrogen) atoms. The van der Waals surface area contributed by atoms with Crippen LogP contribution in [0.2, 0.25) is 0 Å². The number of nitrogens with zero attached hydrogens (tertiary/aromatic N) is 6. The van der Waals surface area contributed by atoms with E-state index in [0.29, 0.717) is 108 Å². The number of aliphatic hydroxyl groups is 1. The van der Waals surface area contributed by atoms with Crippen LogP contribution in [0.5, 0.6) is 11.5 Å². The molecular formula is C59H76BrN9O11S. The van der Waals surface area contributed by atoms with Crippen LogP contribution < -0.4 is 25.4 Å². The Balaban J connectivity index is 0.665. The predicted octanol–water partition coefficient (Wildman–Crippen LogP) is 7.65. The molecule has 3 atom stereocenters. The topological polar surface area (TPSA) is 228 Å². The van der Waals surface area contributed by atoms with Gasteiger partial charge in [0.1, 0.15) is 42.6 Å². The van der Waals surface area contributed by atoms with Gasteiger partial charge in [-0.3, -0.25) is 19.2 Å². The Morgan fingerprint density at radius 3 is 2.26 bits per heavy atom. The molecule has 22 heteroatoms. The third-order valence-electron chi connectivity index (χ3n) is 14.4. The summed E-state index contributed by atoms with van der Waals surface area (Å²) in [5.41, 5.74) is 6.61. The van der Waals surface area contributed by atoms with Gasteiger partial charge in [-0.25, -0.2) is 9.97 Å². The smallest absolute Gasteiger partial charge is 0.255 e. The molecule has 436 valence electrons. The van der Waals surface area contributed by atoms with Gasteiger partial charge in [0.25, 0.3) is 5.91 Å². The zero-order valence-corrected chi connectivity index (χ0v) is 49.1. The van der Waals surface area contributed by atoms with Crippen molar-refractivity contribution in [1.82, 2.24) is 35.0 Å². The number of fused-ring (bicyclic) bond motifs is 1. The summed E-state index contributed by atoms with van der Waals surface area (Å²) in [5.74, 6) is 1.68. The molecule has 0 bridgehead atoms. The number of carbonyl (C=O) groups is 4. The molecule has 4 N–H and O–H groups in total. The average molecular weight is 1200 g/mol. The van der Waals surface area contributed by atoms with Crippen molar-refractivity contribution in [3.8, 4) is 21.9 Å². The highest BCUT2D eigenvalue weighted by atomic mass is 79.9. The van der Waals surface area contributed by atoms with Gasteiger partial charge in [0.15, 0.2) is 0 Å². The van der Waals surface area contributed by atoms with Crippen LogP contribution in [0, 0.1) is 18.8 Å². The largest absolute Gasteiger partial charge is 0.491 e. The Bertz CT molecular complexity index is 2860. The first-order valence-corrected chi connectivity index (χ1v) is 29.7. The number of hydrogen-bond acceptors (Lipinski definition) is 17. The number of amides is 4. The van der Waals surface area contributed by atoms with Gasteiger partial charge in [0.2, 0.25) is 23.7 Å². The Morgan fingerprint density at radius 2 is 1.58 bits per heavy atom. The van der Waals surface area contributed by atoms with Crippen LogP contribution in [-0.4, -0.2) is 169 Å². The van der Waals surface area contributed by atoms with Crippen molar-refractivity contribution in [3.63, 3.8) is 0 Å². The molecule has 3 aliphatic rings. The summed E-state index contributed by atoms with van der Waals surface area (Å²) in [5, 5.41) is 20.3. The highest BCUT2D eigenvalue weighted by Gasteiger charge is 2.46. The quantitative estimate of drug-likeness (QED) is 0.0296. The lowest BCUT2D eigenvalue weighted by atomic mass is 9.84. The molecule has 0 spiro atoms. The van der Waals surface area contributed by atoms with Crippen LogP contribution in [0.4, 0.5) is 17.5 Å². The summed E-state index contributed by atoms with van der Waals surface area (Å²) < 4.78 is 35.8. The molecule has 4 heterocycles. The highest BCUT2D eigenvalue weighted by Crippen LogP contribution is 2.34. The Labute approximate surface area is 486 Å². The molecule has 1 saturated heterocycles. The maximum Gasteiger partial charge on any atom is 0.255 e. The van der Waals surface area contributed by atoms with Crippen molar-refractivity contribution >= 4 is 68.3 Å². The van der Waals surface area contributed by atoms with E-state index in [1.54, 1.807) is 22.7 Å². The number of anilines is 3. The first-order valence-electron chi connectivity index (χ1n) is 28.0. The van der Waals surface area contributed by atoms with Crippen molar-refractivity contribution in [2.45, 2.75) is 90.6 Å². The van der Waals surface area contributed by atoms with Crippen molar-refractivity contribution in [2.75, 3.05) is 103 Å². The summed E-state index contributed by atoms with van der Waals surface area (Å²) in [6.07, 6.45) is 5.61. The van der Waals surface area contributed by atoms with E-state index < -0.39 is 24.1 Å². The lowest BCUT2D eigenvalue weighted by Crippen LogP contribution is -2.55. The zero-order valence-electron chi connectivity index (χ0n) is 46.7. The molecule has 0 radical (unpaired) electrons. The van der Waals surface area contributed by atoms with E-state index in [1.807, 2.05) is 93.4 Å². The average Bonchev–Trinajstić information content (AvgIpc) is 4.38. The van der Waals surface area contributed by atoms with E-state index in [-0.39, 0.29) is 55.7 Å². The summed E-state index contributed by atoms with van der Waals surface area (Å²) in [6, 6.07) is 19.0. The molecule has 2 aromatic heterocycles. The minimum Gasteiger partial charge on any atom is -0.491 e. The molecule has 2 aliphatic heterocycles. The van der Waals surface area contributed by atoms with Crippen LogP contribution in [0.25, 0.3) is 10.4 Å². The van der Waals surface area contributed by atoms with Crippen molar-refractivity contribution in [1.29, 1.82) is 0 Å². The lowest BCUT2D eigenvalue weighted by Gasteiger charge is -2.35. The summed E-state index contributed by atoms with van der Waals surface area (Å²) in [4.78, 5) is 73.3. The first kappa shape index (κ1) is 60.8. The second-order valence-corrected chi connectivity index (χ2v) is 22.4. The fourth-order valence-electron chi connectivity index (χ4n) is 9.86. The summed E-state index contributed by atoms with van der Waals surface area (Å²) in [6.45, 7) is 11.7. The number of nitrogens with one attached hydrogen (secondary N) is 3. The molecule has 3 aromatic carbocycles. The monoisotopic (exact) mass is 1200 g/mol. The first-order chi connectivity index (χ1) is 39.3. The van der Waals surface area contributed by atoms with E-state index in [0.717, 1.165) is 69.5 Å². The van der Waals surface area contributed by atoms with Crippen molar-refractivity contribution in [2.24, 2.45) is 11.8 Å². The number of likely N-dealkylation sites (tertiary alicyclic amines) is 1. The van der Waals surface area contributed by atoms with Crippen LogP contribution in [0.3, 0.4) is 0 Å². The molecule has 20 nitrogen and oxygen atoms in total. The Hall–Kier alpha value is -6.27. The zero-order chi connectivity index (χ0) is 57.1. The van der Waals surface area contributed by atoms with Crippen molar-refractivity contribution < 1.29 is 52.7 Å². The van der Waals surface area contributed by atoms with Gasteiger partial charge in [-0.2, -0.15) is 4.98 Å². The number of halogens is 1. The van der Waals surface area contributed by atoms with Crippen molar-refractivity contribution in [3.05, 3.63) is 105 Å². The lowest BCUT2D eigenvalue weighted by molar-refractivity contribution is -0.143. The third-order valence-corrected chi connectivity index (χ3v) is 16.0. The Kier molecular flexibility index (Phi) is 23.0. The number of rotatable bonds is 33. The van der Waals surface area contributed by atoms with Gasteiger partial charge in [-0.1, -0.05) is 50.6 Å². The number of ether oxygens (including phenoxy) is 6. The Morgan fingerprint density at radius 1 is 0.877 bits per heavy atom. The molecule has 1 unspecified atom stereocenters. The van der Waals surface area contributed by atoms with Gasteiger partial charge in [-0.15, -0.1) is 11.3 Å². The van der Waals surface area contributed by atoms with E-state index in [2.05, 4.69) is 46.8 Å². The number of carbonyl (C=O) groups excluding carboxylic acids is 4. The summed E-state index contributed by atoms with van der Waals surface area (Å²) in [7, 11) is 1.88. The molecule has 1 saturated carbocycles. The van der Waals surface area contributed by atoms with E-state index in [1.165, 1.54) is 16.2 Å². The molecule has 1 aliphatic carbocycles. The number of aliphatic hydroxyl groups excluding tert-OH is 1. The SMILES string of the molecule is Cc1ncsc1-c1ccc(CNC(=O)[C@@H]2C[C@@H](O)CN2C(=O)C(C(C)C)N2Cc3ccccc3C2=O)c(OCCOCCOCCCOCCOCCOc2ccc(Nc3ncc(Br)c(NCCCN(C)C(=O)C4CCC4)n3)cc2)c1. The normalized spacial score (nSPS) is 16.3. The molecular weight excluding hydrogens is 1120 g/mol. The highest BCUT2D eigenvalue weighted by molar-refractivity contribution is 9.10. The second kappa shape index (κ2) is 30.7. The minimum absolute atomic E-state index is 0.00172. The number of aryl methyl sites for hydroxylation is 1. The summed E-state index contributed by atoms with van der Waals surface area (Å²) >= 11 is 5.05. The molecule has 8 rings (SSSR count). The maximum atomic E-state index is 14.3. The number of hydrogen-bond donors (Lipinski definition) is 4. The fraction of sp³-hybridized carbons (Fsp3) is 0.508. The maximum absolute atomic E-state index is 14.3. The van der Waals surface area contributed by atoms with Gasteiger partial charge in [0, 0.05) is 88.3 Å². The van der Waals surface area contributed by atoms with Gasteiger partial charge >= 0.3 is 0 Å². The molecule has 2 fully saturated rings. The number of β-amino-alcohol motifs (C(OH)–C–C–N with tert-alkyl or cyclic N) is 1. The van der Waals surface area contributed by atoms with Gasteiger partial charge in [-0.05, 0) is 102 Å². The van der Waals surface area contributed by atoms with Gasteiger partial charge < -0.3 is 64.2 Å².